The van der Waals surface area contributed by atoms with Crippen molar-refractivity contribution >= 4 is 17.9 Å². The number of rotatable bonds is 2. The van der Waals surface area contributed by atoms with E-state index in [9.17, 15) is 4.79 Å². The number of carbonyl (C=O) groups excluding carboxylic acids is 1. The van der Waals surface area contributed by atoms with E-state index >= 15 is 0 Å². The number of piperazine rings is 1. The van der Waals surface area contributed by atoms with Crippen molar-refractivity contribution in [1.82, 2.24) is 10.2 Å². The van der Waals surface area contributed by atoms with Crippen molar-refractivity contribution < 1.29 is 9.53 Å². The number of carbonyl (C=O) groups is 1. The Bertz CT molecular complexity index is 239. The molecule has 1 atom stereocenters. The summed E-state index contributed by atoms with van der Waals surface area (Å²) in [7, 11) is 0. The van der Waals surface area contributed by atoms with Crippen molar-refractivity contribution in [2.24, 2.45) is 0 Å². The normalized spacial score (nSPS) is 22.0. The van der Waals surface area contributed by atoms with E-state index in [1.807, 2.05) is 25.7 Å². The number of hydrogen-bond acceptors (Lipinski definition) is 4. The third-order valence-corrected chi connectivity index (χ3v) is 3.06. The fourth-order valence-electron chi connectivity index (χ4n) is 1.66. The molecule has 1 rings (SSSR count). The first-order valence-corrected chi connectivity index (χ1v) is 7.02. The zero-order valence-electron chi connectivity index (χ0n) is 10.6. The largest absolute Gasteiger partial charge is 0.444 e. The van der Waals surface area contributed by atoms with E-state index in [0.29, 0.717) is 0 Å². The van der Waals surface area contributed by atoms with Crippen LogP contribution in [0, 0.1) is 0 Å². The van der Waals surface area contributed by atoms with Gasteiger partial charge in [-0.05, 0) is 27.0 Å². The van der Waals surface area contributed by atoms with Gasteiger partial charge in [-0.2, -0.15) is 11.8 Å². The summed E-state index contributed by atoms with van der Waals surface area (Å²) in [6.45, 7) is 8.15. The second-order valence-electron chi connectivity index (χ2n) is 4.99. The Hall–Kier alpha value is -0.420. The molecule has 0 spiro atoms. The second-order valence-corrected chi connectivity index (χ2v) is 5.90. The Morgan fingerprint density at radius 2 is 2.25 bits per heavy atom. The maximum absolute atomic E-state index is 12.0. The topological polar surface area (TPSA) is 41.6 Å². The highest BCUT2D eigenvalue weighted by Gasteiger charge is 2.29. The van der Waals surface area contributed by atoms with Crippen LogP contribution in [0.4, 0.5) is 4.79 Å². The summed E-state index contributed by atoms with van der Waals surface area (Å²) in [6, 6.07) is 0.249. The molecule has 1 aliphatic heterocycles. The molecule has 1 unspecified atom stereocenters. The SMILES string of the molecule is CSCC1CNCCN1C(=O)OC(C)(C)C. The van der Waals surface area contributed by atoms with E-state index < -0.39 is 5.60 Å². The van der Waals surface area contributed by atoms with E-state index in [2.05, 4.69) is 11.6 Å². The summed E-state index contributed by atoms with van der Waals surface area (Å²) < 4.78 is 5.40. The molecule has 0 saturated carbocycles. The molecule has 0 aromatic carbocycles. The second kappa shape index (κ2) is 5.77. The van der Waals surface area contributed by atoms with Gasteiger partial charge in [0.25, 0.3) is 0 Å². The van der Waals surface area contributed by atoms with Gasteiger partial charge in [-0.3, -0.25) is 0 Å². The Labute approximate surface area is 102 Å². The smallest absolute Gasteiger partial charge is 0.410 e. The quantitative estimate of drug-likeness (QED) is 0.803. The molecular formula is C11H22N2O2S. The number of hydrogen-bond donors (Lipinski definition) is 1. The third-order valence-electron chi connectivity index (χ3n) is 2.34. The summed E-state index contributed by atoms with van der Waals surface area (Å²) in [5.74, 6) is 0.951. The van der Waals surface area contributed by atoms with Crippen LogP contribution < -0.4 is 5.32 Å². The Morgan fingerprint density at radius 1 is 1.56 bits per heavy atom. The van der Waals surface area contributed by atoms with E-state index in [4.69, 9.17) is 4.74 Å². The highest BCUT2D eigenvalue weighted by Crippen LogP contribution is 2.15. The maximum Gasteiger partial charge on any atom is 0.410 e. The Balaban J connectivity index is 2.57. The molecule has 1 amide bonds. The van der Waals surface area contributed by atoms with Gasteiger partial charge in [0.15, 0.2) is 0 Å². The molecular weight excluding hydrogens is 224 g/mol. The molecule has 1 N–H and O–H groups in total. The minimum absolute atomic E-state index is 0.187. The average Bonchev–Trinajstić information content (AvgIpc) is 2.16. The van der Waals surface area contributed by atoms with Crippen molar-refractivity contribution in [3.63, 3.8) is 0 Å². The first kappa shape index (κ1) is 13.6. The number of thioether (sulfide) groups is 1. The molecule has 1 aliphatic rings. The Morgan fingerprint density at radius 3 is 2.81 bits per heavy atom. The van der Waals surface area contributed by atoms with Gasteiger partial charge in [-0.25, -0.2) is 4.79 Å². The number of nitrogens with zero attached hydrogens (tertiary/aromatic N) is 1. The Kier molecular flexibility index (Phi) is 4.92. The third kappa shape index (κ3) is 4.22. The van der Waals surface area contributed by atoms with Gasteiger partial charge in [0, 0.05) is 25.4 Å². The van der Waals surface area contributed by atoms with E-state index in [1.54, 1.807) is 11.8 Å². The monoisotopic (exact) mass is 246 g/mol. The molecule has 0 aromatic heterocycles. The van der Waals surface area contributed by atoms with E-state index in [-0.39, 0.29) is 12.1 Å². The van der Waals surface area contributed by atoms with Gasteiger partial charge in [0.1, 0.15) is 5.60 Å². The van der Waals surface area contributed by atoms with Crippen molar-refractivity contribution in [2.75, 3.05) is 31.6 Å². The molecule has 0 bridgehead atoms. The lowest BCUT2D eigenvalue weighted by Crippen LogP contribution is -2.55. The highest BCUT2D eigenvalue weighted by atomic mass is 32.2. The molecule has 5 heteroatoms. The minimum atomic E-state index is -0.411. The number of ether oxygens (including phenoxy) is 1. The van der Waals surface area contributed by atoms with Gasteiger partial charge < -0.3 is 15.0 Å². The van der Waals surface area contributed by atoms with Crippen LogP contribution in [0.2, 0.25) is 0 Å². The summed E-state index contributed by atoms with van der Waals surface area (Å²) in [5.41, 5.74) is -0.411. The van der Waals surface area contributed by atoms with Crippen LogP contribution >= 0.6 is 11.8 Å². The highest BCUT2D eigenvalue weighted by molar-refractivity contribution is 7.98. The first-order chi connectivity index (χ1) is 7.44. The summed E-state index contributed by atoms with van der Waals surface area (Å²) in [4.78, 5) is 13.8. The molecule has 16 heavy (non-hydrogen) atoms. The van der Waals surface area contributed by atoms with Gasteiger partial charge in [0.05, 0.1) is 6.04 Å². The standard InChI is InChI=1S/C11H22N2O2S/c1-11(2,3)15-10(14)13-6-5-12-7-9(13)8-16-4/h9,12H,5-8H2,1-4H3. The fourth-order valence-corrected chi connectivity index (χ4v) is 2.35. The van der Waals surface area contributed by atoms with Crippen LogP contribution in [0.3, 0.4) is 0 Å². The minimum Gasteiger partial charge on any atom is -0.444 e. The molecule has 4 nitrogen and oxygen atoms in total. The predicted octanol–water partition coefficient (Wildman–Crippen LogP) is 1.56. The molecule has 94 valence electrons. The molecule has 0 radical (unpaired) electrons. The first-order valence-electron chi connectivity index (χ1n) is 5.63. The lowest BCUT2D eigenvalue weighted by atomic mass is 10.2. The van der Waals surface area contributed by atoms with Gasteiger partial charge in [0.2, 0.25) is 0 Å². The van der Waals surface area contributed by atoms with Crippen LogP contribution in [0.15, 0.2) is 0 Å². The van der Waals surface area contributed by atoms with Crippen LogP contribution in [0.1, 0.15) is 20.8 Å². The zero-order valence-corrected chi connectivity index (χ0v) is 11.4. The molecule has 1 fully saturated rings. The summed E-state index contributed by atoms with van der Waals surface area (Å²) >= 11 is 1.76. The van der Waals surface area contributed by atoms with E-state index in [0.717, 1.165) is 25.4 Å². The number of amides is 1. The molecule has 1 heterocycles. The molecule has 1 saturated heterocycles. The zero-order chi connectivity index (χ0) is 12.2. The lowest BCUT2D eigenvalue weighted by molar-refractivity contribution is 0.0146. The van der Waals surface area contributed by atoms with Gasteiger partial charge >= 0.3 is 6.09 Å². The van der Waals surface area contributed by atoms with Crippen molar-refractivity contribution in [3.05, 3.63) is 0 Å². The van der Waals surface area contributed by atoms with E-state index in [1.165, 1.54) is 0 Å². The average molecular weight is 246 g/mol. The lowest BCUT2D eigenvalue weighted by Gasteiger charge is -2.36. The fraction of sp³-hybridized carbons (Fsp3) is 0.909. The van der Waals surface area contributed by atoms with Gasteiger partial charge in [-0.1, -0.05) is 0 Å². The van der Waals surface area contributed by atoms with Crippen LogP contribution in [-0.4, -0.2) is 54.3 Å². The van der Waals surface area contributed by atoms with Crippen molar-refractivity contribution in [1.29, 1.82) is 0 Å². The predicted molar refractivity (Wildman–Crippen MR) is 68.0 cm³/mol. The van der Waals surface area contributed by atoms with Crippen LogP contribution in [0.25, 0.3) is 0 Å². The van der Waals surface area contributed by atoms with Crippen molar-refractivity contribution in [2.45, 2.75) is 32.4 Å². The molecule has 0 aliphatic carbocycles. The number of nitrogens with one attached hydrogen (secondary N) is 1. The van der Waals surface area contributed by atoms with Crippen LogP contribution in [-0.2, 0) is 4.74 Å². The molecule has 0 aromatic rings. The van der Waals surface area contributed by atoms with Crippen LogP contribution in [0.5, 0.6) is 0 Å². The summed E-state index contributed by atoms with van der Waals surface area (Å²) in [6.07, 6.45) is 1.87. The maximum atomic E-state index is 12.0. The van der Waals surface area contributed by atoms with Gasteiger partial charge in [-0.15, -0.1) is 0 Å². The van der Waals surface area contributed by atoms with Crippen molar-refractivity contribution in [3.8, 4) is 0 Å². The summed E-state index contributed by atoms with van der Waals surface area (Å²) in [5, 5.41) is 3.30.